The molecule has 3 rings (SSSR count). The van der Waals surface area contributed by atoms with E-state index < -0.39 is 0 Å². The highest BCUT2D eigenvalue weighted by Crippen LogP contribution is 2.18. The number of benzene rings is 1. The molecule has 0 aliphatic heterocycles. The first-order valence-corrected chi connectivity index (χ1v) is 8.42. The zero-order valence-corrected chi connectivity index (χ0v) is 15.2. The third-order valence-corrected chi connectivity index (χ3v) is 3.61. The predicted molar refractivity (Wildman–Crippen MR) is 96.5 cm³/mol. The second kappa shape index (κ2) is 8.44. The van der Waals surface area contributed by atoms with Crippen molar-refractivity contribution in [2.45, 2.75) is 27.1 Å². The topological polar surface area (TPSA) is 71.3 Å². The van der Waals surface area contributed by atoms with Crippen molar-refractivity contribution in [1.82, 2.24) is 19.7 Å². The molecule has 2 heterocycles. The van der Waals surface area contributed by atoms with E-state index in [9.17, 15) is 0 Å². The minimum atomic E-state index is 0.253. The van der Waals surface area contributed by atoms with Crippen molar-refractivity contribution in [2.75, 3.05) is 13.7 Å². The SMILES string of the molecule is CCOc1ccc(OCc2nc(COC)n(-c3cc(C)ccn3)n2)cc1. The van der Waals surface area contributed by atoms with Crippen LogP contribution in [0.5, 0.6) is 11.5 Å². The maximum absolute atomic E-state index is 5.78. The Morgan fingerprint density at radius 3 is 2.38 bits per heavy atom. The highest BCUT2D eigenvalue weighted by Gasteiger charge is 2.13. The molecule has 0 aliphatic rings. The van der Waals surface area contributed by atoms with Gasteiger partial charge in [0.05, 0.1) is 6.61 Å². The third-order valence-electron chi connectivity index (χ3n) is 3.61. The molecule has 7 nitrogen and oxygen atoms in total. The number of nitrogens with zero attached hydrogens (tertiary/aromatic N) is 4. The molecule has 2 aromatic heterocycles. The van der Waals surface area contributed by atoms with Gasteiger partial charge in [-0.15, -0.1) is 5.10 Å². The summed E-state index contributed by atoms with van der Waals surface area (Å²) in [6.45, 7) is 5.19. The first kappa shape index (κ1) is 17.9. The van der Waals surface area contributed by atoms with Crippen molar-refractivity contribution in [3.05, 3.63) is 59.8 Å². The van der Waals surface area contributed by atoms with Crippen LogP contribution in [0.15, 0.2) is 42.6 Å². The van der Waals surface area contributed by atoms with Crippen molar-refractivity contribution in [3.63, 3.8) is 0 Å². The van der Waals surface area contributed by atoms with Crippen molar-refractivity contribution in [2.24, 2.45) is 0 Å². The lowest BCUT2D eigenvalue weighted by atomic mass is 10.3. The summed E-state index contributed by atoms with van der Waals surface area (Å²) in [4.78, 5) is 8.87. The van der Waals surface area contributed by atoms with E-state index in [0.29, 0.717) is 30.7 Å². The molecule has 0 N–H and O–H groups in total. The van der Waals surface area contributed by atoms with E-state index in [0.717, 1.165) is 17.1 Å². The Hall–Kier alpha value is -2.93. The van der Waals surface area contributed by atoms with Gasteiger partial charge in [-0.25, -0.2) is 9.97 Å². The van der Waals surface area contributed by atoms with Crippen LogP contribution < -0.4 is 9.47 Å². The van der Waals surface area contributed by atoms with E-state index in [-0.39, 0.29) is 6.61 Å². The molecule has 0 aliphatic carbocycles. The minimum absolute atomic E-state index is 0.253. The highest BCUT2D eigenvalue weighted by atomic mass is 16.5. The van der Waals surface area contributed by atoms with E-state index in [1.807, 2.05) is 50.2 Å². The lowest BCUT2D eigenvalue weighted by Gasteiger charge is -2.06. The Bertz CT molecular complexity index is 846. The molecule has 0 amide bonds. The molecule has 0 fully saturated rings. The van der Waals surface area contributed by atoms with Gasteiger partial charge in [-0.2, -0.15) is 4.68 Å². The average Bonchev–Trinajstić information content (AvgIpc) is 3.05. The van der Waals surface area contributed by atoms with E-state index in [1.165, 1.54) is 0 Å². The number of hydrogen-bond acceptors (Lipinski definition) is 6. The number of pyridine rings is 1. The Kier molecular flexibility index (Phi) is 5.80. The first-order chi connectivity index (χ1) is 12.7. The molecular formula is C19H22N4O3. The molecule has 0 unspecified atom stereocenters. The van der Waals surface area contributed by atoms with Crippen molar-refractivity contribution in [1.29, 1.82) is 0 Å². The Balaban J connectivity index is 1.75. The summed E-state index contributed by atoms with van der Waals surface area (Å²) >= 11 is 0. The van der Waals surface area contributed by atoms with Gasteiger partial charge in [0.25, 0.3) is 0 Å². The maximum Gasteiger partial charge on any atom is 0.189 e. The van der Waals surface area contributed by atoms with Gasteiger partial charge in [0.2, 0.25) is 0 Å². The van der Waals surface area contributed by atoms with Gasteiger partial charge < -0.3 is 14.2 Å². The average molecular weight is 354 g/mol. The van der Waals surface area contributed by atoms with Crippen LogP contribution in [0.2, 0.25) is 0 Å². The number of hydrogen-bond donors (Lipinski definition) is 0. The molecule has 0 saturated carbocycles. The summed E-state index contributed by atoms with van der Waals surface area (Å²) in [7, 11) is 1.62. The zero-order valence-electron chi connectivity index (χ0n) is 15.2. The molecule has 0 atom stereocenters. The summed E-state index contributed by atoms with van der Waals surface area (Å²) in [6.07, 6.45) is 1.75. The lowest BCUT2D eigenvalue weighted by Crippen LogP contribution is -2.06. The molecule has 0 saturated heterocycles. The largest absolute Gasteiger partial charge is 0.494 e. The Morgan fingerprint density at radius 2 is 1.73 bits per heavy atom. The van der Waals surface area contributed by atoms with E-state index in [4.69, 9.17) is 14.2 Å². The van der Waals surface area contributed by atoms with E-state index in [1.54, 1.807) is 18.0 Å². The van der Waals surface area contributed by atoms with Gasteiger partial charge >= 0.3 is 0 Å². The third kappa shape index (κ3) is 4.37. The summed E-state index contributed by atoms with van der Waals surface area (Å²) < 4.78 is 18.1. The van der Waals surface area contributed by atoms with Crippen LogP contribution in [0.1, 0.15) is 24.1 Å². The van der Waals surface area contributed by atoms with Gasteiger partial charge in [0, 0.05) is 13.3 Å². The monoisotopic (exact) mass is 354 g/mol. The molecule has 3 aromatic rings. The highest BCUT2D eigenvalue weighted by molar-refractivity contribution is 5.31. The predicted octanol–water partition coefficient (Wildman–Crippen LogP) is 3.09. The van der Waals surface area contributed by atoms with Crippen LogP contribution in [-0.4, -0.2) is 33.5 Å². The summed E-state index contributed by atoms with van der Waals surface area (Å²) in [5.74, 6) is 3.49. The molecule has 26 heavy (non-hydrogen) atoms. The van der Waals surface area contributed by atoms with E-state index >= 15 is 0 Å². The number of aryl methyl sites for hydroxylation is 1. The molecule has 136 valence electrons. The van der Waals surface area contributed by atoms with Gasteiger partial charge in [0.15, 0.2) is 17.5 Å². The van der Waals surface area contributed by atoms with Crippen LogP contribution in [0.4, 0.5) is 0 Å². The second-order valence-electron chi connectivity index (χ2n) is 5.67. The van der Waals surface area contributed by atoms with Crippen molar-refractivity contribution >= 4 is 0 Å². The standard InChI is InChI=1S/C19H22N4O3/c1-4-25-15-5-7-16(8-6-15)26-12-17-21-19(13-24-3)23(22-17)18-11-14(2)9-10-20-18/h5-11H,4,12-13H2,1-3H3. The normalized spacial score (nSPS) is 10.7. The van der Waals surface area contributed by atoms with E-state index in [2.05, 4.69) is 15.1 Å². The van der Waals surface area contributed by atoms with Crippen molar-refractivity contribution < 1.29 is 14.2 Å². The molecule has 0 bridgehead atoms. The zero-order chi connectivity index (χ0) is 18.4. The van der Waals surface area contributed by atoms with Gasteiger partial charge in [-0.05, 0) is 55.8 Å². The fourth-order valence-corrected chi connectivity index (χ4v) is 2.44. The van der Waals surface area contributed by atoms with Gasteiger partial charge in [0.1, 0.15) is 24.7 Å². The number of methoxy groups -OCH3 is 1. The first-order valence-electron chi connectivity index (χ1n) is 8.42. The van der Waals surface area contributed by atoms with Crippen LogP contribution in [0, 0.1) is 6.92 Å². The summed E-state index contributed by atoms with van der Waals surface area (Å²) in [5, 5.41) is 4.52. The fraction of sp³-hybridized carbons (Fsp3) is 0.316. The summed E-state index contributed by atoms with van der Waals surface area (Å²) in [5.41, 5.74) is 1.10. The second-order valence-corrected chi connectivity index (χ2v) is 5.67. The van der Waals surface area contributed by atoms with Crippen molar-refractivity contribution in [3.8, 4) is 17.3 Å². The van der Waals surface area contributed by atoms with Crippen LogP contribution >= 0.6 is 0 Å². The molecule has 7 heteroatoms. The van der Waals surface area contributed by atoms with Gasteiger partial charge in [-0.1, -0.05) is 0 Å². The summed E-state index contributed by atoms with van der Waals surface area (Å²) in [6, 6.07) is 11.4. The fourth-order valence-electron chi connectivity index (χ4n) is 2.44. The van der Waals surface area contributed by atoms with Crippen LogP contribution in [0.3, 0.4) is 0 Å². The van der Waals surface area contributed by atoms with Crippen LogP contribution in [0.25, 0.3) is 5.82 Å². The molecule has 1 aromatic carbocycles. The smallest absolute Gasteiger partial charge is 0.189 e. The van der Waals surface area contributed by atoms with Crippen LogP contribution in [-0.2, 0) is 18.0 Å². The quantitative estimate of drug-likeness (QED) is 0.619. The molecule has 0 radical (unpaired) electrons. The Labute approximate surface area is 152 Å². The molecule has 0 spiro atoms. The number of aromatic nitrogens is 4. The Morgan fingerprint density at radius 1 is 1.00 bits per heavy atom. The number of ether oxygens (including phenoxy) is 3. The number of rotatable bonds is 8. The van der Waals surface area contributed by atoms with Gasteiger partial charge in [-0.3, -0.25) is 0 Å². The lowest BCUT2D eigenvalue weighted by molar-refractivity contribution is 0.175. The molecular weight excluding hydrogens is 332 g/mol. The minimum Gasteiger partial charge on any atom is -0.494 e. The maximum atomic E-state index is 5.78.